The number of benzene rings is 1. The van der Waals surface area contributed by atoms with Gasteiger partial charge in [-0.3, -0.25) is 4.79 Å². The Morgan fingerprint density at radius 3 is 2.30 bits per heavy atom. The zero-order valence-electron chi connectivity index (χ0n) is 13.0. The summed E-state index contributed by atoms with van der Waals surface area (Å²) in [5.74, 6) is -0.854. The molecule has 0 atom stereocenters. The lowest BCUT2D eigenvalue weighted by Crippen LogP contribution is -2.39. The largest absolute Gasteiger partial charge is 0.418 e. The third-order valence-electron chi connectivity index (χ3n) is 2.86. The van der Waals surface area contributed by atoms with Crippen LogP contribution in [0.4, 0.5) is 18.9 Å². The third kappa shape index (κ3) is 6.19. The summed E-state index contributed by atoms with van der Waals surface area (Å²) >= 11 is 0. The number of carbonyl (C=O) groups is 1. The van der Waals surface area contributed by atoms with E-state index in [0.717, 1.165) is 22.7 Å². The second-order valence-electron chi connectivity index (χ2n) is 5.54. The molecule has 1 rings (SSSR count). The smallest absolute Gasteiger partial charge is 0.324 e. The average molecular weight is 352 g/mol. The van der Waals surface area contributed by atoms with Crippen LogP contribution in [0.25, 0.3) is 0 Å². The van der Waals surface area contributed by atoms with Crippen molar-refractivity contribution in [1.82, 2.24) is 4.31 Å². The molecule has 9 heteroatoms. The Balaban J connectivity index is 2.92. The molecule has 0 aliphatic heterocycles. The van der Waals surface area contributed by atoms with Gasteiger partial charge in [0.1, 0.15) is 0 Å². The Morgan fingerprint density at radius 2 is 1.83 bits per heavy atom. The van der Waals surface area contributed by atoms with Crippen LogP contribution in [0.15, 0.2) is 24.3 Å². The van der Waals surface area contributed by atoms with Gasteiger partial charge in [0.25, 0.3) is 0 Å². The van der Waals surface area contributed by atoms with E-state index in [1.807, 2.05) is 0 Å². The van der Waals surface area contributed by atoms with Crippen LogP contribution in [0.3, 0.4) is 0 Å². The Bertz CT molecular complexity index is 657. The number of nitrogens with zero attached hydrogens (tertiary/aromatic N) is 1. The van der Waals surface area contributed by atoms with Gasteiger partial charge in [0.15, 0.2) is 0 Å². The van der Waals surface area contributed by atoms with Crippen LogP contribution >= 0.6 is 0 Å². The van der Waals surface area contributed by atoms with Crippen molar-refractivity contribution < 1.29 is 26.4 Å². The van der Waals surface area contributed by atoms with Crippen molar-refractivity contribution in [1.29, 1.82) is 0 Å². The standard InChI is InChI=1S/C14H19F3N2O3S/c1-10(2)8-19(23(3,21)22)9-13(20)18-12-7-5-4-6-11(12)14(15,16)17/h4-7,10H,8-9H2,1-3H3,(H,18,20). The van der Waals surface area contributed by atoms with Gasteiger partial charge in [-0.1, -0.05) is 26.0 Å². The van der Waals surface area contributed by atoms with Gasteiger partial charge in [-0.15, -0.1) is 0 Å². The highest BCUT2D eigenvalue weighted by Crippen LogP contribution is 2.34. The number of sulfonamides is 1. The maximum absolute atomic E-state index is 12.9. The van der Waals surface area contributed by atoms with Gasteiger partial charge in [-0.25, -0.2) is 8.42 Å². The zero-order valence-corrected chi connectivity index (χ0v) is 13.8. The highest BCUT2D eigenvalue weighted by Gasteiger charge is 2.33. The molecule has 1 aromatic carbocycles. The van der Waals surface area contributed by atoms with Crippen molar-refractivity contribution in [2.24, 2.45) is 5.92 Å². The van der Waals surface area contributed by atoms with Crippen LogP contribution in [0, 0.1) is 5.92 Å². The van der Waals surface area contributed by atoms with E-state index < -0.39 is 39.9 Å². The van der Waals surface area contributed by atoms with Gasteiger partial charge in [0.2, 0.25) is 15.9 Å². The first-order valence-corrected chi connectivity index (χ1v) is 8.67. The lowest BCUT2D eigenvalue weighted by Gasteiger charge is -2.22. The minimum absolute atomic E-state index is 0.0278. The van der Waals surface area contributed by atoms with E-state index >= 15 is 0 Å². The summed E-state index contributed by atoms with van der Waals surface area (Å²) in [5, 5.41) is 2.13. The fourth-order valence-electron chi connectivity index (χ4n) is 1.91. The van der Waals surface area contributed by atoms with Gasteiger partial charge in [-0.2, -0.15) is 17.5 Å². The summed E-state index contributed by atoms with van der Waals surface area (Å²) in [6, 6.07) is 4.53. The first kappa shape index (κ1) is 19.4. The molecule has 1 N–H and O–H groups in total. The monoisotopic (exact) mass is 352 g/mol. The molecule has 0 spiro atoms. The fourth-order valence-corrected chi connectivity index (χ4v) is 2.83. The number of hydrogen-bond donors (Lipinski definition) is 1. The van der Waals surface area contributed by atoms with Crippen molar-refractivity contribution in [3.05, 3.63) is 29.8 Å². The van der Waals surface area contributed by atoms with E-state index in [9.17, 15) is 26.4 Å². The number of carbonyl (C=O) groups excluding carboxylic acids is 1. The van der Waals surface area contributed by atoms with E-state index in [4.69, 9.17) is 0 Å². The molecule has 0 aliphatic carbocycles. The maximum Gasteiger partial charge on any atom is 0.418 e. The molecule has 0 fully saturated rings. The van der Waals surface area contributed by atoms with Gasteiger partial charge in [0.05, 0.1) is 24.1 Å². The summed E-state index contributed by atoms with van der Waals surface area (Å²) in [4.78, 5) is 11.9. The molecule has 130 valence electrons. The number of amides is 1. The summed E-state index contributed by atoms with van der Waals surface area (Å²) < 4.78 is 62.8. The van der Waals surface area contributed by atoms with E-state index in [2.05, 4.69) is 5.32 Å². The molecule has 1 amide bonds. The molecule has 23 heavy (non-hydrogen) atoms. The SMILES string of the molecule is CC(C)CN(CC(=O)Nc1ccccc1C(F)(F)F)S(C)(=O)=O. The Labute approximate surface area is 133 Å². The Hall–Kier alpha value is -1.61. The molecular weight excluding hydrogens is 333 g/mol. The molecule has 0 saturated carbocycles. The first-order chi connectivity index (χ1) is 10.4. The van der Waals surface area contributed by atoms with Gasteiger partial charge < -0.3 is 5.32 Å². The van der Waals surface area contributed by atoms with Gasteiger partial charge >= 0.3 is 6.18 Å². The average Bonchev–Trinajstić information content (AvgIpc) is 2.35. The Morgan fingerprint density at radius 1 is 1.26 bits per heavy atom. The predicted molar refractivity (Wildman–Crippen MR) is 81.3 cm³/mol. The van der Waals surface area contributed by atoms with E-state index in [1.165, 1.54) is 12.1 Å². The molecule has 0 bridgehead atoms. The minimum Gasteiger partial charge on any atom is -0.324 e. The van der Waals surface area contributed by atoms with Gasteiger partial charge in [-0.05, 0) is 18.1 Å². The lowest BCUT2D eigenvalue weighted by atomic mass is 10.1. The number of nitrogens with one attached hydrogen (secondary N) is 1. The van der Waals surface area contributed by atoms with E-state index in [0.29, 0.717) is 0 Å². The van der Waals surface area contributed by atoms with Crippen LogP contribution in [-0.4, -0.2) is 38.0 Å². The zero-order chi connectivity index (χ0) is 17.8. The molecule has 0 radical (unpaired) electrons. The molecular formula is C14H19F3N2O3S. The number of para-hydroxylation sites is 1. The minimum atomic E-state index is -4.61. The molecule has 0 unspecified atom stereocenters. The van der Waals surface area contributed by atoms with Crippen molar-refractivity contribution in [3.63, 3.8) is 0 Å². The summed E-state index contributed by atoms with van der Waals surface area (Å²) in [5.41, 5.74) is -1.38. The number of alkyl halides is 3. The van der Waals surface area contributed by atoms with Crippen molar-refractivity contribution in [2.45, 2.75) is 20.0 Å². The van der Waals surface area contributed by atoms with Crippen molar-refractivity contribution >= 4 is 21.6 Å². The lowest BCUT2D eigenvalue weighted by molar-refractivity contribution is -0.137. The van der Waals surface area contributed by atoms with E-state index in [1.54, 1.807) is 13.8 Å². The van der Waals surface area contributed by atoms with Crippen LogP contribution in [-0.2, 0) is 21.0 Å². The molecule has 0 aliphatic rings. The summed E-state index contributed by atoms with van der Waals surface area (Å²) in [6.45, 7) is 3.11. The van der Waals surface area contributed by atoms with Gasteiger partial charge in [0, 0.05) is 6.54 Å². The van der Waals surface area contributed by atoms with Crippen LogP contribution < -0.4 is 5.32 Å². The maximum atomic E-state index is 12.9. The number of hydrogen-bond acceptors (Lipinski definition) is 3. The highest BCUT2D eigenvalue weighted by atomic mass is 32.2. The molecule has 0 heterocycles. The second-order valence-corrected chi connectivity index (χ2v) is 7.52. The predicted octanol–water partition coefficient (Wildman–Crippen LogP) is 2.56. The summed E-state index contributed by atoms with van der Waals surface area (Å²) in [6.07, 6.45) is -3.66. The number of anilines is 1. The summed E-state index contributed by atoms with van der Waals surface area (Å²) in [7, 11) is -3.64. The van der Waals surface area contributed by atoms with Crippen molar-refractivity contribution in [3.8, 4) is 0 Å². The van der Waals surface area contributed by atoms with Crippen LogP contribution in [0.2, 0.25) is 0 Å². The normalized spacial score (nSPS) is 12.7. The fraction of sp³-hybridized carbons (Fsp3) is 0.500. The topological polar surface area (TPSA) is 66.5 Å². The van der Waals surface area contributed by atoms with Crippen LogP contribution in [0.5, 0.6) is 0 Å². The van der Waals surface area contributed by atoms with E-state index in [-0.39, 0.29) is 12.5 Å². The molecule has 5 nitrogen and oxygen atoms in total. The van der Waals surface area contributed by atoms with Crippen LogP contribution in [0.1, 0.15) is 19.4 Å². The molecule has 0 aromatic heterocycles. The highest BCUT2D eigenvalue weighted by molar-refractivity contribution is 7.88. The second kappa shape index (κ2) is 7.31. The number of halogens is 3. The quantitative estimate of drug-likeness (QED) is 0.856. The molecule has 0 saturated heterocycles. The number of rotatable bonds is 6. The Kier molecular flexibility index (Phi) is 6.18. The molecule has 1 aromatic rings. The first-order valence-electron chi connectivity index (χ1n) is 6.82. The van der Waals surface area contributed by atoms with Crippen molar-refractivity contribution in [2.75, 3.05) is 24.7 Å². The third-order valence-corrected chi connectivity index (χ3v) is 4.08.